The number of hydrogen-bond acceptors (Lipinski definition) is 2. The van der Waals surface area contributed by atoms with Gasteiger partial charge in [-0.05, 0) is 49.2 Å². The molecule has 2 aromatic carbocycles. The van der Waals surface area contributed by atoms with Gasteiger partial charge in [-0.1, -0.05) is 23.7 Å². The first-order chi connectivity index (χ1) is 10.1. The third kappa shape index (κ3) is 1.67. The van der Waals surface area contributed by atoms with E-state index in [0.717, 1.165) is 18.5 Å². The molecule has 0 aromatic heterocycles. The summed E-state index contributed by atoms with van der Waals surface area (Å²) < 4.78 is 0. The van der Waals surface area contributed by atoms with Crippen molar-refractivity contribution in [2.45, 2.75) is 18.4 Å². The van der Waals surface area contributed by atoms with Crippen LogP contribution in [0, 0.1) is 0 Å². The van der Waals surface area contributed by atoms with Crippen LogP contribution in [0.3, 0.4) is 0 Å². The molecule has 1 fully saturated rings. The Hall–Kier alpha value is -2.13. The summed E-state index contributed by atoms with van der Waals surface area (Å²) in [5.74, 6) is -0.0668. The predicted molar refractivity (Wildman–Crippen MR) is 81.0 cm³/mol. The fourth-order valence-electron chi connectivity index (χ4n) is 3.04. The molecular weight excluding hydrogens is 286 g/mol. The lowest BCUT2D eigenvalue weighted by Crippen LogP contribution is -2.42. The smallest absolute Gasteiger partial charge is 0.259 e. The van der Waals surface area contributed by atoms with Gasteiger partial charge < -0.3 is 0 Å². The summed E-state index contributed by atoms with van der Waals surface area (Å²) in [5, 5.41) is 0.589. The van der Waals surface area contributed by atoms with Gasteiger partial charge in [-0.2, -0.15) is 0 Å². The fraction of sp³-hybridized carbons (Fsp3) is 0.176. The first-order valence-corrected chi connectivity index (χ1v) is 7.25. The van der Waals surface area contributed by atoms with Crippen molar-refractivity contribution in [2.75, 3.05) is 4.90 Å². The van der Waals surface area contributed by atoms with Crippen molar-refractivity contribution < 1.29 is 9.59 Å². The first-order valence-electron chi connectivity index (χ1n) is 6.87. The number of anilines is 1. The van der Waals surface area contributed by atoms with Crippen LogP contribution in [-0.2, 0) is 0 Å². The maximum atomic E-state index is 12.9. The highest BCUT2D eigenvalue weighted by Gasteiger charge is 2.61. The van der Waals surface area contributed by atoms with E-state index in [1.165, 1.54) is 0 Å². The Balaban J connectivity index is 1.82. The number of amides is 1. The molecule has 0 atom stereocenters. The van der Waals surface area contributed by atoms with E-state index >= 15 is 0 Å². The highest BCUT2D eigenvalue weighted by Crippen LogP contribution is 2.53. The van der Waals surface area contributed by atoms with Gasteiger partial charge in [-0.15, -0.1) is 0 Å². The SMILES string of the molecule is O=C(c1ccc(Cl)cc1)N1c2ccccc2C(=O)C12CC2. The van der Waals surface area contributed by atoms with Crippen molar-refractivity contribution in [1.82, 2.24) is 0 Å². The van der Waals surface area contributed by atoms with Crippen molar-refractivity contribution >= 4 is 29.0 Å². The number of carbonyl (C=O) groups excluding carboxylic acids is 2. The Kier molecular flexibility index (Phi) is 2.51. The van der Waals surface area contributed by atoms with Gasteiger partial charge in [0.25, 0.3) is 5.91 Å². The van der Waals surface area contributed by atoms with E-state index in [1.807, 2.05) is 18.2 Å². The molecule has 21 heavy (non-hydrogen) atoms. The zero-order valence-electron chi connectivity index (χ0n) is 11.2. The van der Waals surface area contributed by atoms with Crippen LogP contribution in [0.25, 0.3) is 0 Å². The quantitative estimate of drug-likeness (QED) is 0.804. The van der Waals surface area contributed by atoms with Crippen molar-refractivity contribution in [3.8, 4) is 0 Å². The molecule has 2 aliphatic rings. The van der Waals surface area contributed by atoms with Crippen molar-refractivity contribution in [3.05, 3.63) is 64.7 Å². The number of benzene rings is 2. The lowest BCUT2D eigenvalue weighted by Gasteiger charge is -2.24. The Morgan fingerprint density at radius 2 is 1.71 bits per heavy atom. The number of nitrogens with zero attached hydrogens (tertiary/aromatic N) is 1. The van der Waals surface area contributed by atoms with Crippen LogP contribution in [0.5, 0.6) is 0 Å². The number of carbonyl (C=O) groups is 2. The molecule has 2 aromatic rings. The van der Waals surface area contributed by atoms with Crippen LogP contribution in [0.2, 0.25) is 5.02 Å². The van der Waals surface area contributed by atoms with E-state index in [4.69, 9.17) is 11.6 Å². The minimum Gasteiger partial charge on any atom is -0.294 e. The van der Waals surface area contributed by atoms with Crippen LogP contribution in [0.1, 0.15) is 33.6 Å². The maximum absolute atomic E-state index is 12.9. The minimum atomic E-state index is -0.638. The molecule has 0 unspecified atom stereocenters. The molecule has 4 rings (SSSR count). The largest absolute Gasteiger partial charge is 0.294 e. The van der Waals surface area contributed by atoms with E-state index in [0.29, 0.717) is 16.1 Å². The van der Waals surface area contributed by atoms with Gasteiger partial charge in [0.15, 0.2) is 5.78 Å². The Labute approximate surface area is 127 Å². The molecule has 0 radical (unpaired) electrons. The molecule has 3 nitrogen and oxygen atoms in total. The molecule has 4 heteroatoms. The van der Waals surface area contributed by atoms with Gasteiger partial charge in [0, 0.05) is 16.1 Å². The van der Waals surface area contributed by atoms with Crippen LogP contribution in [0.4, 0.5) is 5.69 Å². The van der Waals surface area contributed by atoms with Gasteiger partial charge in [0.05, 0.1) is 5.69 Å². The Bertz CT molecular complexity index is 763. The van der Waals surface area contributed by atoms with E-state index in [1.54, 1.807) is 35.2 Å². The van der Waals surface area contributed by atoms with E-state index < -0.39 is 5.54 Å². The van der Waals surface area contributed by atoms with E-state index in [9.17, 15) is 9.59 Å². The number of Topliss-reactive ketones (excluding diaryl/α,β-unsaturated/α-hetero) is 1. The lowest BCUT2D eigenvalue weighted by atomic mass is 10.1. The average Bonchev–Trinajstić information content (AvgIpc) is 3.25. The predicted octanol–water partition coefficient (Wildman–Crippen LogP) is 3.72. The summed E-state index contributed by atoms with van der Waals surface area (Å²) in [6, 6.07) is 14.1. The summed E-state index contributed by atoms with van der Waals surface area (Å²) in [5.41, 5.74) is 1.29. The zero-order valence-corrected chi connectivity index (χ0v) is 11.9. The van der Waals surface area contributed by atoms with Gasteiger partial charge >= 0.3 is 0 Å². The number of rotatable bonds is 1. The minimum absolute atomic E-state index is 0.0698. The number of para-hydroxylation sites is 1. The number of hydrogen-bond donors (Lipinski definition) is 0. The zero-order chi connectivity index (χ0) is 14.6. The van der Waals surface area contributed by atoms with Gasteiger partial charge in [0.2, 0.25) is 0 Å². The van der Waals surface area contributed by atoms with Crippen LogP contribution < -0.4 is 4.90 Å². The molecule has 1 spiro atoms. The highest BCUT2D eigenvalue weighted by atomic mass is 35.5. The molecule has 0 bridgehead atoms. The second-order valence-corrected chi connectivity index (χ2v) is 5.96. The molecule has 1 amide bonds. The van der Waals surface area contributed by atoms with E-state index in [2.05, 4.69) is 0 Å². The van der Waals surface area contributed by atoms with Crippen molar-refractivity contribution in [3.63, 3.8) is 0 Å². The van der Waals surface area contributed by atoms with Gasteiger partial charge in [-0.25, -0.2) is 0 Å². The molecular formula is C17H12ClNO2. The summed E-state index contributed by atoms with van der Waals surface area (Å²) in [4.78, 5) is 27.1. The van der Waals surface area contributed by atoms with Gasteiger partial charge in [-0.3, -0.25) is 14.5 Å². The third-order valence-electron chi connectivity index (χ3n) is 4.26. The number of ketones is 1. The highest BCUT2D eigenvalue weighted by molar-refractivity contribution is 6.31. The van der Waals surface area contributed by atoms with Crippen LogP contribution >= 0.6 is 11.6 Å². The third-order valence-corrected chi connectivity index (χ3v) is 4.51. The Morgan fingerprint density at radius 1 is 1.05 bits per heavy atom. The monoisotopic (exact) mass is 297 g/mol. The molecule has 1 aliphatic heterocycles. The molecule has 0 saturated heterocycles. The Morgan fingerprint density at radius 3 is 2.38 bits per heavy atom. The molecule has 1 saturated carbocycles. The topological polar surface area (TPSA) is 37.4 Å². The molecule has 1 aliphatic carbocycles. The molecule has 104 valence electrons. The van der Waals surface area contributed by atoms with Gasteiger partial charge in [0.1, 0.15) is 5.54 Å². The standard InChI is InChI=1S/C17H12ClNO2/c18-12-7-5-11(6-8-12)16(21)19-14-4-2-1-3-13(14)15(20)17(19)9-10-17/h1-8H,9-10H2. The second-order valence-electron chi connectivity index (χ2n) is 5.53. The average molecular weight is 298 g/mol. The lowest BCUT2D eigenvalue weighted by molar-refractivity contribution is 0.0903. The first kappa shape index (κ1) is 12.6. The van der Waals surface area contributed by atoms with E-state index in [-0.39, 0.29) is 11.7 Å². The summed E-state index contributed by atoms with van der Waals surface area (Å²) >= 11 is 5.87. The fourth-order valence-corrected chi connectivity index (χ4v) is 3.16. The normalized spacial score (nSPS) is 18.0. The summed E-state index contributed by atoms with van der Waals surface area (Å²) in [6.45, 7) is 0. The summed E-state index contributed by atoms with van der Waals surface area (Å²) in [7, 11) is 0. The number of halogens is 1. The maximum Gasteiger partial charge on any atom is 0.259 e. The van der Waals surface area contributed by atoms with Crippen molar-refractivity contribution in [1.29, 1.82) is 0 Å². The summed E-state index contributed by atoms with van der Waals surface area (Å²) in [6.07, 6.45) is 1.47. The van der Waals surface area contributed by atoms with Crippen molar-refractivity contribution in [2.24, 2.45) is 0 Å². The molecule has 0 N–H and O–H groups in total. The second kappa shape index (κ2) is 4.18. The number of fused-ring (bicyclic) bond motifs is 1. The molecule has 1 heterocycles. The van der Waals surface area contributed by atoms with Crippen LogP contribution in [-0.4, -0.2) is 17.2 Å². The van der Waals surface area contributed by atoms with Crippen LogP contribution in [0.15, 0.2) is 48.5 Å².